The maximum atomic E-state index is 11.8. The monoisotopic (exact) mass is 291 g/mol. The minimum absolute atomic E-state index is 0.368. The molecule has 0 aliphatic heterocycles. The predicted octanol–water partition coefficient (Wildman–Crippen LogP) is 4.61. The van der Waals surface area contributed by atoms with E-state index in [0.29, 0.717) is 12.0 Å². The lowest BCUT2D eigenvalue weighted by Gasteiger charge is -2.06. The lowest BCUT2D eigenvalue weighted by molar-refractivity contribution is 0.0697. The molecule has 0 bridgehead atoms. The largest absolute Gasteiger partial charge is 0.478 e. The Hall–Kier alpha value is -2.81. The van der Waals surface area contributed by atoms with Gasteiger partial charge in [-0.25, -0.2) is 4.79 Å². The number of carboxylic acids is 1. The first kappa shape index (κ1) is 14.1. The summed E-state index contributed by atoms with van der Waals surface area (Å²) >= 11 is 0. The van der Waals surface area contributed by atoms with E-state index in [1.165, 1.54) is 0 Å². The van der Waals surface area contributed by atoms with Crippen molar-refractivity contribution in [3.05, 3.63) is 71.9 Å². The van der Waals surface area contributed by atoms with Gasteiger partial charge in [-0.05, 0) is 17.5 Å². The number of aromatic amines is 1. The highest BCUT2D eigenvalue weighted by molar-refractivity contribution is 6.02. The van der Waals surface area contributed by atoms with E-state index in [2.05, 4.69) is 4.98 Å². The summed E-state index contributed by atoms with van der Waals surface area (Å²) in [4.78, 5) is 15.1. The molecule has 0 radical (unpaired) electrons. The Labute approximate surface area is 129 Å². The molecule has 0 atom stereocenters. The van der Waals surface area contributed by atoms with Gasteiger partial charge in [0.1, 0.15) is 0 Å². The minimum Gasteiger partial charge on any atom is -0.478 e. The smallest absolute Gasteiger partial charge is 0.338 e. The molecule has 3 heteroatoms. The highest BCUT2D eigenvalue weighted by atomic mass is 16.4. The van der Waals surface area contributed by atoms with E-state index in [1.54, 1.807) is 0 Å². The van der Waals surface area contributed by atoms with Crippen LogP contribution in [0.2, 0.25) is 0 Å². The van der Waals surface area contributed by atoms with Crippen molar-refractivity contribution >= 4 is 5.97 Å². The number of aryl methyl sites for hydroxylation is 1. The highest BCUT2D eigenvalue weighted by Gasteiger charge is 2.23. The molecule has 3 rings (SSSR count). The Morgan fingerprint density at radius 3 is 2.00 bits per heavy atom. The molecule has 0 unspecified atom stereocenters. The molecular weight excluding hydrogens is 274 g/mol. The number of hydrogen-bond acceptors (Lipinski definition) is 1. The third kappa shape index (κ3) is 2.42. The SMILES string of the molecule is CCc1[nH]c(-c2ccccc2)c(-c2ccccc2)c1C(=O)O. The third-order valence-corrected chi connectivity index (χ3v) is 3.77. The molecule has 1 heterocycles. The summed E-state index contributed by atoms with van der Waals surface area (Å²) in [5, 5.41) is 9.68. The molecule has 0 aliphatic rings. The summed E-state index contributed by atoms with van der Waals surface area (Å²) in [6.07, 6.45) is 0.647. The van der Waals surface area contributed by atoms with Crippen LogP contribution in [0.5, 0.6) is 0 Å². The molecule has 0 saturated heterocycles. The van der Waals surface area contributed by atoms with Gasteiger partial charge in [-0.2, -0.15) is 0 Å². The number of hydrogen-bond donors (Lipinski definition) is 2. The van der Waals surface area contributed by atoms with Crippen LogP contribution in [0.1, 0.15) is 23.0 Å². The van der Waals surface area contributed by atoms with Crippen LogP contribution in [-0.4, -0.2) is 16.1 Å². The van der Waals surface area contributed by atoms with Crippen molar-refractivity contribution in [2.24, 2.45) is 0 Å². The summed E-state index contributed by atoms with van der Waals surface area (Å²) in [7, 11) is 0. The van der Waals surface area contributed by atoms with Crippen molar-refractivity contribution < 1.29 is 9.90 Å². The second-order valence-electron chi connectivity index (χ2n) is 5.12. The van der Waals surface area contributed by atoms with E-state index in [0.717, 1.165) is 28.1 Å². The zero-order valence-corrected chi connectivity index (χ0v) is 12.3. The fraction of sp³-hybridized carbons (Fsp3) is 0.105. The van der Waals surface area contributed by atoms with Gasteiger partial charge in [-0.1, -0.05) is 67.6 Å². The number of carboxylic acid groups (broad SMARTS) is 1. The molecule has 3 nitrogen and oxygen atoms in total. The minimum atomic E-state index is -0.894. The Balaban J connectivity index is 2.33. The van der Waals surface area contributed by atoms with Gasteiger partial charge in [0.2, 0.25) is 0 Å². The number of aromatic carboxylic acids is 1. The molecule has 0 amide bonds. The summed E-state index contributed by atoms with van der Waals surface area (Å²) in [5.74, 6) is -0.894. The summed E-state index contributed by atoms with van der Waals surface area (Å²) in [6.45, 7) is 1.96. The summed E-state index contributed by atoms with van der Waals surface area (Å²) < 4.78 is 0. The molecule has 0 fully saturated rings. The molecule has 0 saturated carbocycles. The fourth-order valence-electron chi connectivity index (χ4n) is 2.77. The van der Waals surface area contributed by atoms with Crippen LogP contribution >= 0.6 is 0 Å². The Kier molecular flexibility index (Phi) is 3.79. The lowest BCUT2D eigenvalue weighted by Crippen LogP contribution is -2.01. The molecule has 3 aromatic rings. The van der Waals surface area contributed by atoms with Crippen LogP contribution in [0.15, 0.2) is 60.7 Å². The zero-order valence-electron chi connectivity index (χ0n) is 12.3. The number of benzene rings is 2. The number of rotatable bonds is 4. The topological polar surface area (TPSA) is 53.1 Å². The number of nitrogens with one attached hydrogen (secondary N) is 1. The average Bonchev–Trinajstić information content (AvgIpc) is 2.96. The van der Waals surface area contributed by atoms with Gasteiger partial charge in [0.05, 0.1) is 11.3 Å². The maximum absolute atomic E-state index is 11.8. The predicted molar refractivity (Wildman–Crippen MR) is 88.0 cm³/mol. The second-order valence-corrected chi connectivity index (χ2v) is 5.12. The quantitative estimate of drug-likeness (QED) is 0.737. The van der Waals surface area contributed by atoms with Gasteiger partial charge in [0.25, 0.3) is 0 Å². The lowest BCUT2D eigenvalue weighted by atomic mass is 9.96. The van der Waals surface area contributed by atoms with Gasteiger partial charge in [0.15, 0.2) is 0 Å². The van der Waals surface area contributed by atoms with Crippen LogP contribution in [0, 0.1) is 0 Å². The van der Waals surface area contributed by atoms with Crippen molar-refractivity contribution in [1.82, 2.24) is 4.98 Å². The number of carbonyl (C=O) groups is 1. The van der Waals surface area contributed by atoms with Crippen LogP contribution in [0.4, 0.5) is 0 Å². The molecule has 2 N–H and O–H groups in total. The van der Waals surface area contributed by atoms with Gasteiger partial charge in [0, 0.05) is 11.3 Å². The van der Waals surface area contributed by atoms with Crippen molar-refractivity contribution in [2.45, 2.75) is 13.3 Å². The first-order valence-electron chi connectivity index (χ1n) is 7.31. The van der Waals surface area contributed by atoms with E-state index in [-0.39, 0.29) is 0 Å². The summed E-state index contributed by atoms with van der Waals surface area (Å²) in [6, 6.07) is 19.5. The van der Waals surface area contributed by atoms with E-state index in [1.807, 2.05) is 67.6 Å². The van der Waals surface area contributed by atoms with E-state index in [4.69, 9.17) is 0 Å². The first-order valence-corrected chi connectivity index (χ1v) is 7.31. The van der Waals surface area contributed by atoms with E-state index >= 15 is 0 Å². The number of H-pyrrole nitrogens is 1. The van der Waals surface area contributed by atoms with Crippen molar-refractivity contribution in [2.75, 3.05) is 0 Å². The van der Waals surface area contributed by atoms with Gasteiger partial charge < -0.3 is 10.1 Å². The third-order valence-electron chi connectivity index (χ3n) is 3.77. The highest BCUT2D eigenvalue weighted by Crippen LogP contribution is 2.36. The normalized spacial score (nSPS) is 10.6. The van der Waals surface area contributed by atoms with Crippen LogP contribution in [0.3, 0.4) is 0 Å². The van der Waals surface area contributed by atoms with Crippen molar-refractivity contribution in [1.29, 1.82) is 0 Å². The Bertz CT molecular complexity index is 789. The van der Waals surface area contributed by atoms with Crippen LogP contribution < -0.4 is 0 Å². The van der Waals surface area contributed by atoms with Gasteiger partial charge in [-0.15, -0.1) is 0 Å². The summed E-state index contributed by atoms with van der Waals surface area (Å²) in [5.41, 5.74) is 4.65. The molecule has 0 aliphatic carbocycles. The second kappa shape index (κ2) is 5.90. The average molecular weight is 291 g/mol. The van der Waals surface area contributed by atoms with Crippen LogP contribution in [-0.2, 0) is 6.42 Å². The molecule has 2 aromatic carbocycles. The first-order chi connectivity index (χ1) is 10.7. The Morgan fingerprint density at radius 2 is 1.50 bits per heavy atom. The van der Waals surface area contributed by atoms with Crippen molar-refractivity contribution in [3.63, 3.8) is 0 Å². The Morgan fingerprint density at radius 1 is 0.955 bits per heavy atom. The van der Waals surface area contributed by atoms with Gasteiger partial charge >= 0.3 is 5.97 Å². The maximum Gasteiger partial charge on any atom is 0.338 e. The molecule has 1 aromatic heterocycles. The molecule has 22 heavy (non-hydrogen) atoms. The number of aromatic nitrogens is 1. The zero-order chi connectivity index (χ0) is 15.5. The molecular formula is C19H17NO2. The standard InChI is InChI=1S/C19H17NO2/c1-2-15-17(19(21)22)16(13-9-5-3-6-10-13)18(20-15)14-11-7-4-8-12-14/h3-12,20H,2H2,1H3,(H,21,22). The van der Waals surface area contributed by atoms with Crippen LogP contribution in [0.25, 0.3) is 22.4 Å². The fourth-order valence-corrected chi connectivity index (χ4v) is 2.77. The van der Waals surface area contributed by atoms with E-state index < -0.39 is 5.97 Å². The van der Waals surface area contributed by atoms with E-state index in [9.17, 15) is 9.90 Å². The molecule has 0 spiro atoms. The molecule has 110 valence electrons. The van der Waals surface area contributed by atoms with Gasteiger partial charge in [-0.3, -0.25) is 0 Å². The van der Waals surface area contributed by atoms with Crippen molar-refractivity contribution in [3.8, 4) is 22.4 Å².